The molecule has 0 spiro atoms. The van der Waals surface area contributed by atoms with Crippen LogP contribution < -0.4 is 19.6 Å². The lowest BCUT2D eigenvalue weighted by molar-refractivity contribution is -0.143. The molecule has 1 N–H and O–H groups in total. The molecule has 2 aromatic carbocycles. The smallest absolute Gasteiger partial charge is 0.341 e. The summed E-state index contributed by atoms with van der Waals surface area (Å²) in [7, 11) is 0. The number of hydrogen-bond donors (Lipinski definition) is 1. The molecule has 186 valence electrons. The summed E-state index contributed by atoms with van der Waals surface area (Å²) in [5, 5.41) is 9.37. The molecule has 1 aromatic heterocycles. The van der Waals surface area contributed by atoms with Crippen LogP contribution in [0.2, 0.25) is 5.02 Å². The maximum atomic E-state index is 13.6. The first-order valence-electron chi connectivity index (χ1n) is 11.1. The Labute approximate surface area is 215 Å². The predicted octanol–water partition coefficient (Wildman–Crippen LogP) is 3.30. The number of nitrogens with zero attached hydrogens (tertiary/aromatic N) is 2. The van der Waals surface area contributed by atoms with Crippen molar-refractivity contribution < 1.29 is 24.2 Å². The molecule has 0 bridgehead atoms. The second kappa shape index (κ2) is 10.5. The number of carbonyl (C=O) groups is 2. The number of esters is 1. The third kappa shape index (κ3) is 5.42. The van der Waals surface area contributed by atoms with Gasteiger partial charge in [0, 0.05) is 5.02 Å². The average molecular weight is 527 g/mol. The van der Waals surface area contributed by atoms with Crippen LogP contribution >= 0.6 is 22.9 Å². The summed E-state index contributed by atoms with van der Waals surface area (Å²) in [6, 6.07) is 13.0. The first-order valence-corrected chi connectivity index (χ1v) is 12.3. The minimum absolute atomic E-state index is 0.286. The van der Waals surface area contributed by atoms with E-state index < -0.39 is 24.6 Å². The minimum Gasteiger partial charge on any atom is -0.482 e. The molecule has 1 aliphatic heterocycles. The van der Waals surface area contributed by atoms with Gasteiger partial charge in [-0.05, 0) is 62.2 Å². The molecule has 0 saturated heterocycles. The topological polar surface area (TPSA) is 107 Å². The first kappa shape index (κ1) is 25.4. The molecule has 10 heteroatoms. The highest BCUT2D eigenvalue weighted by molar-refractivity contribution is 7.07. The quantitative estimate of drug-likeness (QED) is 0.473. The number of allylic oxidation sites excluding steroid dienone is 1. The Morgan fingerprint density at radius 2 is 1.94 bits per heavy atom. The van der Waals surface area contributed by atoms with Crippen LogP contribution in [0.15, 0.2) is 69.6 Å². The molecule has 0 aliphatic carbocycles. The Morgan fingerprint density at radius 1 is 1.22 bits per heavy atom. The second-order valence-electron chi connectivity index (χ2n) is 8.34. The van der Waals surface area contributed by atoms with E-state index in [4.69, 9.17) is 26.2 Å². The molecule has 2 heterocycles. The van der Waals surface area contributed by atoms with Gasteiger partial charge in [-0.25, -0.2) is 14.6 Å². The third-order valence-corrected chi connectivity index (χ3v) is 6.52. The molecule has 8 nitrogen and oxygen atoms in total. The molecule has 1 atom stereocenters. The van der Waals surface area contributed by atoms with Gasteiger partial charge < -0.3 is 14.6 Å². The number of thiazole rings is 1. The van der Waals surface area contributed by atoms with Crippen LogP contribution in [0.5, 0.6) is 5.75 Å². The molecule has 0 saturated carbocycles. The van der Waals surface area contributed by atoms with Crippen molar-refractivity contribution in [1.82, 2.24) is 4.57 Å². The van der Waals surface area contributed by atoms with Gasteiger partial charge in [-0.1, -0.05) is 47.2 Å². The van der Waals surface area contributed by atoms with Gasteiger partial charge >= 0.3 is 11.9 Å². The van der Waals surface area contributed by atoms with Gasteiger partial charge in [-0.3, -0.25) is 9.36 Å². The summed E-state index contributed by atoms with van der Waals surface area (Å²) in [6.07, 6.45) is 1.34. The first-order chi connectivity index (χ1) is 17.1. The molecule has 1 aliphatic rings. The summed E-state index contributed by atoms with van der Waals surface area (Å²) < 4.78 is 12.6. The number of benzene rings is 2. The maximum Gasteiger partial charge on any atom is 0.341 e. The number of carboxylic acid groups (broad SMARTS) is 1. The molecule has 0 radical (unpaired) electrons. The fraction of sp³-hybridized carbons (Fsp3) is 0.231. The summed E-state index contributed by atoms with van der Waals surface area (Å²) >= 11 is 7.28. The van der Waals surface area contributed by atoms with Crippen LogP contribution in [-0.4, -0.2) is 34.3 Å². The molecule has 36 heavy (non-hydrogen) atoms. The van der Waals surface area contributed by atoms with Gasteiger partial charge in [-0.15, -0.1) is 0 Å². The standard InChI is InChI=1S/C26H23ClN2O6S/c1-14(2)35-25(33)22-15(3)28-26-29(23(22)17-7-9-18(27)10-8-17)24(32)20(36-26)12-16-5-4-6-19(11-16)34-13-21(30)31/h4-12,14,23H,13H2,1-3H3,(H,30,31). The van der Waals surface area contributed by atoms with E-state index in [-0.39, 0.29) is 17.2 Å². The van der Waals surface area contributed by atoms with Crippen molar-refractivity contribution in [3.63, 3.8) is 0 Å². The van der Waals surface area contributed by atoms with Crippen molar-refractivity contribution in [2.75, 3.05) is 6.61 Å². The highest BCUT2D eigenvalue weighted by atomic mass is 35.5. The van der Waals surface area contributed by atoms with Crippen LogP contribution in [0.1, 0.15) is 37.9 Å². The fourth-order valence-corrected chi connectivity index (χ4v) is 4.98. The highest BCUT2D eigenvalue weighted by Gasteiger charge is 2.33. The van der Waals surface area contributed by atoms with Crippen molar-refractivity contribution in [2.24, 2.45) is 4.99 Å². The van der Waals surface area contributed by atoms with E-state index in [1.807, 2.05) is 0 Å². The van der Waals surface area contributed by atoms with E-state index in [9.17, 15) is 14.4 Å². The molecule has 3 aromatic rings. The highest BCUT2D eigenvalue weighted by Crippen LogP contribution is 2.31. The van der Waals surface area contributed by atoms with Crippen LogP contribution in [0.25, 0.3) is 6.08 Å². The largest absolute Gasteiger partial charge is 0.482 e. The number of rotatable bonds is 7. The van der Waals surface area contributed by atoms with Crippen LogP contribution in [0.4, 0.5) is 0 Å². The Morgan fingerprint density at radius 3 is 2.61 bits per heavy atom. The van der Waals surface area contributed by atoms with E-state index >= 15 is 0 Å². The van der Waals surface area contributed by atoms with Crippen molar-refractivity contribution in [3.8, 4) is 5.75 Å². The lowest BCUT2D eigenvalue weighted by Gasteiger charge is -2.25. The minimum atomic E-state index is -1.09. The summed E-state index contributed by atoms with van der Waals surface area (Å²) in [5.41, 5.74) is 1.78. The van der Waals surface area contributed by atoms with Crippen molar-refractivity contribution >= 4 is 41.0 Å². The lowest BCUT2D eigenvalue weighted by atomic mass is 9.96. The summed E-state index contributed by atoms with van der Waals surface area (Å²) in [6.45, 7) is 4.77. The maximum absolute atomic E-state index is 13.6. The van der Waals surface area contributed by atoms with Crippen LogP contribution in [0, 0.1) is 0 Å². The lowest BCUT2D eigenvalue weighted by Crippen LogP contribution is -2.40. The zero-order chi connectivity index (χ0) is 26.0. The SMILES string of the molecule is CC1=C(C(=O)OC(C)C)C(c2ccc(Cl)cc2)n2c(sc(=Cc3cccc(OCC(=O)O)c3)c2=O)=N1. The van der Waals surface area contributed by atoms with Gasteiger partial charge in [0.2, 0.25) is 0 Å². The molecular weight excluding hydrogens is 504 g/mol. The van der Waals surface area contributed by atoms with E-state index in [1.165, 1.54) is 15.9 Å². The molecule has 0 fully saturated rings. The number of carbonyl (C=O) groups excluding carboxylic acids is 1. The molecule has 0 amide bonds. The Hall–Kier alpha value is -3.69. The fourth-order valence-electron chi connectivity index (χ4n) is 3.81. The number of aromatic nitrogens is 1. The van der Waals surface area contributed by atoms with Gasteiger partial charge in [0.15, 0.2) is 11.4 Å². The number of carboxylic acids is 1. The number of fused-ring (bicyclic) bond motifs is 1. The van der Waals surface area contributed by atoms with Gasteiger partial charge in [0.05, 0.1) is 27.9 Å². The van der Waals surface area contributed by atoms with E-state index in [0.29, 0.717) is 36.9 Å². The van der Waals surface area contributed by atoms with E-state index in [0.717, 1.165) is 0 Å². The zero-order valence-electron chi connectivity index (χ0n) is 19.7. The van der Waals surface area contributed by atoms with Crippen LogP contribution in [-0.2, 0) is 14.3 Å². The number of halogens is 1. The second-order valence-corrected chi connectivity index (χ2v) is 9.79. The number of hydrogen-bond acceptors (Lipinski definition) is 7. The Bertz CT molecular complexity index is 1540. The van der Waals surface area contributed by atoms with Gasteiger partial charge in [-0.2, -0.15) is 0 Å². The van der Waals surface area contributed by atoms with E-state index in [2.05, 4.69) is 4.99 Å². The monoisotopic (exact) mass is 526 g/mol. The van der Waals surface area contributed by atoms with Crippen molar-refractivity contribution in [1.29, 1.82) is 0 Å². The van der Waals surface area contributed by atoms with Gasteiger partial charge in [0.25, 0.3) is 5.56 Å². The Kier molecular flexibility index (Phi) is 7.42. The van der Waals surface area contributed by atoms with Gasteiger partial charge in [0.1, 0.15) is 5.75 Å². The Balaban J connectivity index is 1.85. The van der Waals surface area contributed by atoms with Crippen molar-refractivity contribution in [2.45, 2.75) is 32.9 Å². The summed E-state index contributed by atoms with van der Waals surface area (Å²) in [4.78, 5) is 42.5. The molecule has 4 rings (SSSR count). The average Bonchev–Trinajstić information content (AvgIpc) is 3.11. The predicted molar refractivity (Wildman–Crippen MR) is 136 cm³/mol. The molecule has 1 unspecified atom stereocenters. The van der Waals surface area contributed by atoms with Crippen LogP contribution in [0.3, 0.4) is 0 Å². The zero-order valence-corrected chi connectivity index (χ0v) is 21.3. The molecular formula is C26H23ClN2O6S. The van der Waals surface area contributed by atoms with E-state index in [1.54, 1.807) is 75.4 Å². The van der Waals surface area contributed by atoms with Crippen molar-refractivity contribution in [3.05, 3.63) is 95.6 Å². The normalized spacial score (nSPS) is 15.5. The number of ether oxygens (including phenoxy) is 2. The number of aliphatic carboxylic acids is 1. The summed E-state index contributed by atoms with van der Waals surface area (Å²) in [5.74, 6) is -1.26. The third-order valence-electron chi connectivity index (χ3n) is 5.29.